The van der Waals surface area contributed by atoms with Gasteiger partial charge in [0, 0.05) is 16.7 Å². The van der Waals surface area contributed by atoms with Crippen molar-refractivity contribution in [1.82, 2.24) is 5.32 Å². The molecule has 4 atom stereocenters. The number of hydrogen-bond acceptors (Lipinski definition) is 3. The van der Waals surface area contributed by atoms with Crippen molar-refractivity contribution >= 4 is 33.4 Å². The maximum absolute atomic E-state index is 13.1. The summed E-state index contributed by atoms with van der Waals surface area (Å²) in [5.41, 5.74) is 6.44. The zero-order valence-corrected chi connectivity index (χ0v) is 16.2. The standard InChI is InChI=1S/C20H24BrN3O2/c21-12-2-4-13(5-3-12)24-19(26)17-15-7-6-14(20(15)8-9-20)16(17)18(25)23-11-1-10-22/h2-7,14-17H,1,8-11,22H2,(H,23,25)(H,24,26)/t14-,15-,16-,17-/m1/s1. The van der Waals surface area contributed by atoms with Crippen molar-refractivity contribution in [1.29, 1.82) is 0 Å². The van der Waals surface area contributed by atoms with Crippen molar-refractivity contribution < 1.29 is 9.59 Å². The third-order valence-electron chi connectivity index (χ3n) is 6.24. The highest BCUT2D eigenvalue weighted by atomic mass is 79.9. The van der Waals surface area contributed by atoms with Gasteiger partial charge in [-0.3, -0.25) is 9.59 Å². The van der Waals surface area contributed by atoms with Gasteiger partial charge in [0.25, 0.3) is 0 Å². The number of rotatable bonds is 6. The normalized spacial score (nSPS) is 29.8. The van der Waals surface area contributed by atoms with Gasteiger partial charge in [-0.25, -0.2) is 0 Å². The average Bonchev–Trinajstić information content (AvgIpc) is 3.30. The van der Waals surface area contributed by atoms with Crippen molar-refractivity contribution in [2.45, 2.75) is 19.3 Å². The summed E-state index contributed by atoms with van der Waals surface area (Å²) in [6.07, 6.45) is 7.33. The molecule has 0 radical (unpaired) electrons. The number of nitrogens with two attached hydrogens (primary N) is 1. The van der Waals surface area contributed by atoms with Crippen LogP contribution in [0.1, 0.15) is 19.3 Å². The second-order valence-electron chi connectivity index (χ2n) is 7.65. The first-order valence-electron chi connectivity index (χ1n) is 9.29. The summed E-state index contributed by atoms with van der Waals surface area (Å²) in [6, 6.07) is 7.54. The second kappa shape index (κ2) is 6.82. The van der Waals surface area contributed by atoms with E-state index in [1.165, 1.54) is 0 Å². The lowest BCUT2D eigenvalue weighted by Crippen LogP contribution is -2.42. The topological polar surface area (TPSA) is 84.2 Å². The molecular weight excluding hydrogens is 394 g/mol. The lowest BCUT2D eigenvalue weighted by molar-refractivity contribution is -0.132. The van der Waals surface area contributed by atoms with Crippen LogP contribution >= 0.6 is 15.9 Å². The number of halogens is 1. The molecule has 3 aliphatic rings. The largest absolute Gasteiger partial charge is 0.356 e. The molecule has 2 fully saturated rings. The number of carbonyl (C=O) groups is 2. The Morgan fingerprint density at radius 3 is 2.27 bits per heavy atom. The molecule has 4 N–H and O–H groups in total. The zero-order chi connectivity index (χ0) is 18.3. The molecule has 138 valence electrons. The molecule has 26 heavy (non-hydrogen) atoms. The number of nitrogens with one attached hydrogen (secondary N) is 2. The molecule has 1 aromatic carbocycles. The number of amides is 2. The minimum absolute atomic E-state index is 0.00229. The Morgan fingerprint density at radius 1 is 1.08 bits per heavy atom. The van der Waals surface area contributed by atoms with Crippen molar-refractivity contribution in [2.24, 2.45) is 34.8 Å². The van der Waals surface area contributed by atoms with Crippen molar-refractivity contribution in [3.63, 3.8) is 0 Å². The van der Waals surface area contributed by atoms with Crippen molar-refractivity contribution in [2.75, 3.05) is 18.4 Å². The molecule has 0 aliphatic heterocycles. The van der Waals surface area contributed by atoms with E-state index in [0.717, 1.165) is 29.4 Å². The van der Waals surface area contributed by atoms with E-state index in [0.29, 0.717) is 13.1 Å². The molecule has 0 unspecified atom stereocenters. The second-order valence-corrected chi connectivity index (χ2v) is 8.57. The number of allylic oxidation sites excluding steroid dienone is 2. The molecule has 2 amide bonds. The van der Waals surface area contributed by atoms with Crippen LogP contribution in [0.25, 0.3) is 0 Å². The molecule has 2 bridgehead atoms. The van der Waals surface area contributed by atoms with Gasteiger partial charge in [0.1, 0.15) is 0 Å². The predicted molar refractivity (Wildman–Crippen MR) is 104 cm³/mol. The highest BCUT2D eigenvalue weighted by Gasteiger charge is 2.69. The summed E-state index contributed by atoms with van der Waals surface area (Å²) in [4.78, 5) is 26.0. The molecular formula is C20H24BrN3O2. The Balaban J connectivity index is 1.54. The summed E-state index contributed by atoms with van der Waals surface area (Å²) >= 11 is 3.40. The number of anilines is 1. The van der Waals surface area contributed by atoms with Gasteiger partial charge in [0.05, 0.1) is 11.8 Å². The van der Waals surface area contributed by atoms with E-state index in [4.69, 9.17) is 5.73 Å². The van der Waals surface area contributed by atoms with E-state index in [1.807, 2.05) is 24.3 Å². The third kappa shape index (κ3) is 2.89. The minimum Gasteiger partial charge on any atom is -0.356 e. The van der Waals surface area contributed by atoms with E-state index in [2.05, 4.69) is 38.7 Å². The van der Waals surface area contributed by atoms with Crippen LogP contribution in [0.4, 0.5) is 5.69 Å². The van der Waals surface area contributed by atoms with E-state index in [-0.39, 0.29) is 40.9 Å². The molecule has 3 aliphatic carbocycles. The Labute approximate surface area is 161 Å². The maximum Gasteiger partial charge on any atom is 0.228 e. The van der Waals surface area contributed by atoms with Gasteiger partial charge in [0.15, 0.2) is 0 Å². The van der Waals surface area contributed by atoms with Gasteiger partial charge in [-0.1, -0.05) is 28.1 Å². The highest BCUT2D eigenvalue weighted by Crippen LogP contribution is 2.72. The summed E-state index contributed by atoms with van der Waals surface area (Å²) in [5, 5.41) is 6.01. The van der Waals surface area contributed by atoms with E-state index < -0.39 is 0 Å². The third-order valence-corrected chi connectivity index (χ3v) is 6.77. The van der Waals surface area contributed by atoms with Crippen LogP contribution in [0.2, 0.25) is 0 Å². The molecule has 0 heterocycles. The number of benzene rings is 1. The summed E-state index contributed by atoms with van der Waals surface area (Å²) in [7, 11) is 0. The van der Waals surface area contributed by atoms with Gasteiger partial charge in [-0.2, -0.15) is 0 Å². The van der Waals surface area contributed by atoms with Crippen LogP contribution in [-0.4, -0.2) is 24.9 Å². The zero-order valence-electron chi connectivity index (χ0n) is 14.6. The van der Waals surface area contributed by atoms with E-state index in [9.17, 15) is 9.59 Å². The molecule has 1 spiro atoms. The van der Waals surface area contributed by atoms with Crippen LogP contribution in [-0.2, 0) is 9.59 Å². The van der Waals surface area contributed by atoms with Gasteiger partial charge in [0.2, 0.25) is 11.8 Å². The first-order valence-corrected chi connectivity index (χ1v) is 10.1. The summed E-state index contributed by atoms with van der Waals surface area (Å²) in [6.45, 7) is 1.12. The Hall–Kier alpha value is -1.66. The number of carbonyl (C=O) groups excluding carboxylic acids is 2. The Kier molecular flexibility index (Phi) is 4.65. The average molecular weight is 418 g/mol. The van der Waals surface area contributed by atoms with Crippen LogP contribution in [0.5, 0.6) is 0 Å². The van der Waals surface area contributed by atoms with Crippen LogP contribution in [0.3, 0.4) is 0 Å². The molecule has 4 rings (SSSR count). The quantitative estimate of drug-likeness (QED) is 0.491. The predicted octanol–water partition coefficient (Wildman–Crippen LogP) is 2.68. The van der Waals surface area contributed by atoms with Gasteiger partial charge in [-0.15, -0.1) is 0 Å². The highest BCUT2D eigenvalue weighted by molar-refractivity contribution is 9.10. The fourth-order valence-electron chi connectivity index (χ4n) is 4.90. The van der Waals surface area contributed by atoms with Crippen LogP contribution in [0.15, 0.2) is 40.9 Å². The van der Waals surface area contributed by atoms with Crippen LogP contribution < -0.4 is 16.4 Å². The van der Waals surface area contributed by atoms with Crippen molar-refractivity contribution in [3.05, 3.63) is 40.9 Å². The lowest BCUT2D eigenvalue weighted by Gasteiger charge is -2.26. The Morgan fingerprint density at radius 2 is 1.69 bits per heavy atom. The van der Waals surface area contributed by atoms with E-state index in [1.54, 1.807) is 0 Å². The monoisotopic (exact) mass is 417 g/mol. The Bertz CT molecular complexity index is 742. The molecule has 6 heteroatoms. The molecule has 0 saturated heterocycles. The fraction of sp³-hybridized carbons (Fsp3) is 0.500. The van der Waals surface area contributed by atoms with E-state index >= 15 is 0 Å². The lowest BCUT2D eigenvalue weighted by atomic mass is 9.81. The smallest absolute Gasteiger partial charge is 0.228 e. The molecule has 1 aromatic rings. The first-order chi connectivity index (χ1) is 12.6. The maximum atomic E-state index is 13.1. The SMILES string of the molecule is NCCCNC(=O)[C@H]1[C@H](C(=O)Nc2ccc(Br)cc2)[C@H]2C=C[C@H]1C21CC1. The molecule has 2 saturated carbocycles. The van der Waals surface area contributed by atoms with Gasteiger partial charge >= 0.3 is 0 Å². The first kappa shape index (κ1) is 17.7. The van der Waals surface area contributed by atoms with Gasteiger partial charge in [-0.05, 0) is 67.3 Å². The fourth-order valence-corrected chi connectivity index (χ4v) is 5.16. The summed E-state index contributed by atoms with van der Waals surface area (Å²) in [5.74, 6) is -0.263. The molecule has 0 aromatic heterocycles. The minimum atomic E-state index is -0.297. The number of hydrogen-bond donors (Lipinski definition) is 3. The molecule has 5 nitrogen and oxygen atoms in total. The van der Waals surface area contributed by atoms with Crippen molar-refractivity contribution in [3.8, 4) is 0 Å². The van der Waals surface area contributed by atoms with Crippen LogP contribution in [0, 0.1) is 29.1 Å². The summed E-state index contributed by atoms with van der Waals surface area (Å²) < 4.78 is 0.965. The van der Waals surface area contributed by atoms with Gasteiger partial charge < -0.3 is 16.4 Å².